The molecule has 2 heterocycles. The Kier molecular flexibility index (Phi) is 2.98. The molecule has 0 aliphatic carbocycles. The van der Waals surface area contributed by atoms with E-state index in [1.807, 2.05) is 28.7 Å². The van der Waals surface area contributed by atoms with Crippen LogP contribution >= 0.6 is 0 Å². The monoisotopic (exact) mass is 306 g/mol. The summed E-state index contributed by atoms with van der Waals surface area (Å²) in [6, 6.07) is 15.9. The zero-order valence-electron chi connectivity index (χ0n) is 12.9. The number of pyridine rings is 2. The van der Waals surface area contributed by atoms with Gasteiger partial charge in [-0.05, 0) is 24.3 Å². The minimum absolute atomic E-state index is 0.204. The van der Waals surface area contributed by atoms with E-state index in [2.05, 4.69) is 18.2 Å². The lowest BCUT2D eigenvalue weighted by atomic mass is 10.1. The summed E-state index contributed by atoms with van der Waals surface area (Å²) in [6.07, 6.45) is 1.74. The Morgan fingerprint density at radius 2 is 1.52 bits per heavy atom. The number of nitrogens with zero attached hydrogens (tertiary/aromatic N) is 1. The fourth-order valence-electron chi connectivity index (χ4n) is 3.08. The topological polar surface area (TPSA) is 42.8 Å². The second-order valence-electron chi connectivity index (χ2n) is 5.41. The van der Waals surface area contributed by atoms with Gasteiger partial charge in [-0.3, -0.25) is 0 Å². The zero-order chi connectivity index (χ0) is 16.0. The molecule has 0 bridgehead atoms. The Morgan fingerprint density at radius 3 is 2.26 bits per heavy atom. The van der Waals surface area contributed by atoms with Gasteiger partial charge in [0.25, 0.3) is 0 Å². The highest BCUT2D eigenvalue weighted by Crippen LogP contribution is 2.37. The Labute approximate surface area is 133 Å². The molecule has 0 amide bonds. The van der Waals surface area contributed by atoms with Crippen LogP contribution in [-0.4, -0.2) is 19.3 Å². The minimum Gasteiger partial charge on any atom is -0.502 e. The minimum atomic E-state index is 0.204. The molecule has 0 saturated heterocycles. The van der Waals surface area contributed by atoms with Crippen molar-refractivity contribution in [3.63, 3.8) is 0 Å². The molecule has 114 valence electrons. The second kappa shape index (κ2) is 5.02. The third kappa shape index (κ3) is 1.95. The number of hydrogen-bond donors (Lipinski definition) is 1. The van der Waals surface area contributed by atoms with Gasteiger partial charge in [0, 0.05) is 22.9 Å². The van der Waals surface area contributed by atoms with E-state index in [1.54, 1.807) is 26.5 Å². The molecule has 0 spiro atoms. The summed E-state index contributed by atoms with van der Waals surface area (Å²) >= 11 is 0. The number of hydrogen-bond acceptors (Lipinski definition) is 3. The van der Waals surface area contributed by atoms with Crippen molar-refractivity contribution in [2.45, 2.75) is 0 Å². The average Bonchev–Trinajstić information content (AvgIpc) is 2.60. The average molecular weight is 306 g/mol. The molecule has 23 heavy (non-hydrogen) atoms. The zero-order valence-corrected chi connectivity index (χ0v) is 12.9. The van der Waals surface area contributed by atoms with Gasteiger partial charge >= 0.3 is 0 Å². The highest BCUT2D eigenvalue weighted by Gasteiger charge is 2.18. The third-order valence-electron chi connectivity index (χ3n) is 4.20. The van der Waals surface area contributed by atoms with Crippen molar-refractivity contribution in [1.82, 2.24) is 0 Å². The van der Waals surface area contributed by atoms with Crippen LogP contribution in [0.2, 0.25) is 0 Å². The number of rotatable bonds is 2. The molecule has 0 radical (unpaired) electrons. The van der Waals surface area contributed by atoms with Gasteiger partial charge in [-0.2, -0.15) is 4.40 Å². The normalized spacial score (nSPS) is 11.2. The first kappa shape index (κ1) is 13.6. The summed E-state index contributed by atoms with van der Waals surface area (Å²) in [4.78, 5) is 0. The van der Waals surface area contributed by atoms with Gasteiger partial charge in [0.05, 0.1) is 19.6 Å². The number of aromatic nitrogens is 1. The van der Waals surface area contributed by atoms with Crippen LogP contribution in [0.3, 0.4) is 0 Å². The maximum Gasteiger partial charge on any atom is 0.219 e. The van der Waals surface area contributed by atoms with Gasteiger partial charge in [-0.1, -0.05) is 12.1 Å². The maximum atomic E-state index is 10.5. The number of fused-ring (bicyclic) bond motifs is 5. The Balaban J connectivity index is 2.22. The Hall–Kier alpha value is -3.01. The lowest BCUT2D eigenvalue weighted by Gasteiger charge is -2.10. The molecule has 4 heteroatoms. The predicted molar refractivity (Wildman–Crippen MR) is 89.4 cm³/mol. The molecule has 0 atom stereocenters. The first-order valence-corrected chi connectivity index (χ1v) is 7.34. The molecule has 4 rings (SSSR count). The van der Waals surface area contributed by atoms with Gasteiger partial charge in [0.2, 0.25) is 17.2 Å². The summed E-state index contributed by atoms with van der Waals surface area (Å²) in [5.74, 6) is 1.44. The van der Waals surface area contributed by atoms with Gasteiger partial charge in [0.15, 0.2) is 17.2 Å². The highest BCUT2D eigenvalue weighted by atomic mass is 16.5. The number of methoxy groups -OCH3 is 2. The van der Waals surface area contributed by atoms with Crippen LogP contribution < -0.4 is 13.9 Å². The quantitative estimate of drug-likeness (QED) is 0.455. The molecule has 0 saturated carbocycles. The van der Waals surface area contributed by atoms with Crippen molar-refractivity contribution in [2.75, 3.05) is 14.2 Å². The van der Waals surface area contributed by atoms with Crippen LogP contribution in [0.15, 0.2) is 54.7 Å². The molecule has 4 nitrogen and oxygen atoms in total. The van der Waals surface area contributed by atoms with E-state index in [1.165, 1.54) is 0 Å². The predicted octanol–water partition coefficient (Wildman–Crippen LogP) is 3.45. The molecule has 0 unspecified atom stereocenters. The van der Waals surface area contributed by atoms with Gasteiger partial charge < -0.3 is 14.6 Å². The lowest BCUT2D eigenvalue weighted by Crippen LogP contribution is -2.22. The molecular weight excluding hydrogens is 290 g/mol. The van der Waals surface area contributed by atoms with Gasteiger partial charge in [0.1, 0.15) is 0 Å². The van der Waals surface area contributed by atoms with Crippen molar-refractivity contribution in [1.29, 1.82) is 0 Å². The Morgan fingerprint density at radius 1 is 0.826 bits per heavy atom. The standard InChI is InChI=1S/C19H15NO3/c1-22-18-9-13-14(10-19(18)23-2)17(21)11-20-15-6-4-3-5-12(15)7-8-16(13)20/h3-11H,1-2H3/p+1. The molecule has 0 aliphatic rings. The van der Waals surface area contributed by atoms with Crippen molar-refractivity contribution >= 4 is 27.2 Å². The van der Waals surface area contributed by atoms with Gasteiger partial charge in [-0.15, -0.1) is 0 Å². The van der Waals surface area contributed by atoms with Crippen LogP contribution in [0.4, 0.5) is 0 Å². The van der Waals surface area contributed by atoms with E-state index in [-0.39, 0.29) is 5.75 Å². The SMILES string of the molecule is COc1cc2c(O)c[n+]3c4ccccc4ccc3c2cc1OC. The van der Waals surface area contributed by atoms with E-state index in [9.17, 15) is 5.11 Å². The summed E-state index contributed by atoms with van der Waals surface area (Å²) in [7, 11) is 3.20. The summed E-state index contributed by atoms with van der Waals surface area (Å²) in [5, 5.41) is 13.3. The van der Waals surface area contributed by atoms with E-state index >= 15 is 0 Å². The molecule has 2 aromatic heterocycles. The van der Waals surface area contributed by atoms with Crippen LogP contribution in [0, 0.1) is 0 Å². The number of ether oxygens (including phenoxy) is 2. The maximum absolute atomic E-state index is 10.5. The number of para-hydroxylation sites is 1. The number of aromatic hydroxyl groups is 1. The smallest absolute Gasteiger partial charge is 0.219 e. The fraction of sp³-hybridized carbons (Fsp3) is 0.105. The van der Waals surface area contributed by atoms with Crippen molar-refractivity contribution < 1.29 is 19.0 Å². The van der Waals surface area contributed by atoms with E-state index in [4.69, 9.17) is 9.47 Å². The van der Waals surface area contributed by atoms with E-state index < -0.39 is 0 Å². The summed E-state index contributed by atoms with van der Waals surface area (Å²) in [5.41, 5.74) is 2.04. The van der Waals surface area contributed by atoms with Crippen molar-refractivity contribution in [3.8, 4) is 17.2 Å². The Bertz CT molecular complexity index is 1060. The van der Waals surface area contributed by atoms with Gasteiger partial charge in [-0.25, -0.2) is 0 Å². The van der Waals surface area contributed by atoms with Crippen LogP contribution in [0.1, 0.15) is 0 Å². The number of benzene rings is 2. The largest absolute Gasteiger partial charge is 0.502 e. The van der Waals surface area contributed by atoms with Crippen LogP contribution in [0.5, 0.6) is 17.2 Å². The third-order valence-corrected chi connectivity index (χ3v) is 4.20. The van der Waals surface area contributed by atoms with E-state index in [0.717, 1.165) is 27.2 Å². The second-order valence-corrected chi connectivity index (χ2v) is 5.41. The van der Waals surface area contributed by atoms with Crippen molar-refractivity contribution in [3.05, 3.63) is 54.7 Å². The molecule has 0 aliphatic heterocycles. The first-order valence-electron chi connectivity index (χ1n) is 7.34. The highest BCUT2D eigenvalue weighted by molar-refractivity contribution is 6.00. The lowest BCUT2D eigenvalue weighted by molar-refractivity contribution is -0.481. The molecule has 0 fully saturated rings. The van der Waals surface area contributed by atoms with Crippen molar-refractivity contribution in [2.24, 2.45) is 0 Å². The molecule has 1 N–H and O–H groups in total. The molecule has 4 aromatic rings. The first-order chi connectivity index (χ1) is 11.2. The van der Waals surface area contributed by atoms with Crippen LogP contribution in [0.25, 0.3) is 27.2 Å². The van der Waals surface area contributed by atoms with E-state index in [0.29, 0.717) is 11.5 Å². The summed E-state index contributed by atoms with van der Waals surface area (Å²) < 4.78 is 12.7. The fourth-order valence-corrected chi connectivity index (χ4v) is 3.08. The van der Waals surface area contributed by atoms with Crippen LogP contribution in [-0.2, 0) is 0 Å². The molecule has 2 aromatic carbocycles. The molecular formula is C19H16NO3+. The summed E-state index contributed by atoms with van der Waals surface area (Å²) in [6.45, 7) is 0.